The fourth-order valence-corrected chi connectivity index (χ4v) is 3.43. The average Bonchev–Trinajstić information content (AvgIpc) is 2.65. The topological polar surface area (TPSA) is 68.6 Å². The monoisotopic (exact) mass is 342 g/mol. The van der Waals surface area contributed by atoms with Gasteiger partial charge in [0.25, 0.3) is 5.91 Å². The molecule has 0 aliphatic carbocycles. The number of amides is 1. The second-order valence-corrected chi connectivity index (χ2v) is 7.07. The molecule has 2 heterocycles. The van der Waals surface area contributed by atoms with Crippen LogP contribution in [-0.2, 0) is 16.1 Å². The Balaban J connectivity index is 1.57. The lowest BCUT2D eigenvalue weighted by Gasteiger charge is -2.38. The van der Waals surface area contributed by atoms with Gasteiger partial charge in [-0.15, -0.1) is 0 Å². The molecule has 1 aromatic rings. The molecule has 1 N–H and O–H groups in total. The fourth-order valence-electron chi connectivity index (χ4n) is 3.43. The van der Waals surface area contributed by atoms with Gasteiger partial charge in [0.2, 0.25) is 0 Å². The molecule has 0 radical (unpaired) electrons. The maximum Gasteiger partial charge on any atom is 0.251 e. The van der Waals surface area contributed by atoms with Crippen LogP contribution in [-0.4, -0.2) is 67.2 Å². The Morgan fingerprint density at radius 3 is 2.72 bits per heavy atom. The van der Waals surface area contributed by atoms with Gasteiger partial charge in [-0.05, 0) is 25.5 Å². The SMILES string of the molecule is CN1CCC(C#N)(NC(=O)C2CN(Cc3ccccc3)CCO2)CC1. The van der Waals surface area contributed by atoms with Gasteiger partial charge in [0.1, 0.15) is 11.6 Å². The predicted molar refractivity (Wildman–Crippen MR) is 94.7 cm³/mol. The van der Waals surface area contributed by atoms with Gasteiger partial charge in [-0.2, -0.15) is 5.26 Å². The summed E-state index contributed by atoms with van der Waals surface area (Å²) in [7, 11) is 2.04. The Kier molecular flexibility index (Phi) is 5.69. The fraction of sp³-hybridized carbons (Fsp3) is 0.579. The summed E-state index contributed by atoms with van der Waals surface area (Å²) in [5.74, 6) is -0.163. The highest BCUT2D eigenvalue weighted by molar-refractivity contribution is 5.82. The maximum absolute atomic E-state index is 12.7. The number of ether oxygens (including phenoxy) is 1. The van der Waals surface area contributed by atoms with Crippen molar-refractivity contribution in [3.8, 4) is 6.07 Å². The third-order valence-electron chi connectivity index (χ3n) is 5.11. The van der Waals surface area contributed by atoms with Crippen molar-refractivity contribution in [1.29, 1.82) is 5.26 Å². The second kappa shape index (κ2) is 7.96. The number of morpholine rings is 1. The van der Waals surface area contributed by atoms with E-state index in [4.69, 9.17) is 4.74 Å². The normalized spacial score (nSPS) is 24.4. The van der Waals surface area contributed by atoms with E-state index < -0.39 is 11.6 Å². The van der Waals surface area contributed by atoms with Crippen molar-refractivity contribution in [2.75, 3.05) is 39.8 Å². The molecule has 1 aromatic carbocycles. The Hall–Kier alpha value is -1.94. The Bertz CT molecular complexity index is 620. The van der Waals surface area contributed by atoms with E-state index in [-0.39, 0.29) is 5.91 Å². The van der Waals surface area contributed by atoms with Crippen LogP contribution >= 0.6 is 0 Å². The number of nitriles is 1. The van der Waals surface area contributed by atoms with E-state index in [1.165, 1.54) is 5.56 Å². The number of carbonyl (C=O) groups excluding carboxylic acids is 1. The van der Waals surface area contributed by atoms with E-state index >= 15 is 0 Å². The van der Waals surface area contributed by atoms with E-state index in [0.717, 1.165) is 26.2 Å². The summed E-state index contributed by atoms with van der Waals surface area (Å²) in [6.45, 7) is 4.35. The first-order chi connectivity index (χ1) is 12.1. The van der Waals surface area contributed by atoms with E-state index in [9.17, 15) is 10.1 Å². The number of carbonyl (C=O) groups is 1. The van der Waals surface area contributed by atoms with Crippen molar-refractivity contribution in [2.45, 2.75) is 31.0 Å². The van der Waals surface area contributed by atoms with Crippen molar-refractivity contribution < 1.29 is 9.53 Å². The lowest BCUT2D eigenvalue weighted by molar-refractivity contribution is -0.140. The van der Waals surface area contributed by atoms with Gasteiger partial charge in [-0.1, -0.05) is 30.3 Å². The number of hydrogen-bond acceptors (Lipinski definition) is 5. The van der Waals surface area contributed by atoms with Gasteiger partial charge >= 0.3 is 0 Å². The molecule has 134 valence electrons. The number of nitrogens with zero attached hydrogens (tertiary/aromatic N) is 3. The summed E-state index contributed by atoms with van der Waals surface area (Å²) in [4.78, 5) is 17.1. The minimum atomic E-state index is -0.755. The van der Waals surface area contributed by atoms with Crippen LogP contribution < -0.4 is 5.32 Å². The first-order valence-electron chi connectivity index (χ1n) is 8.90. The van der Waals surface area contributed by atoms with Crippen molar-refractivity contribution in [3.63, 3.8) is 0 Å². The molecule has 1 atom stereocenters. The van der Waals surface area contributed by atoms with Crippen LogP contribution in [0.3, 0.4) is 0 Å². The van der Waals surface area contributed by atoms with Gasteiger partial charge in [0.05, 0.1) is 12.7 Å². The molecular formula is C19H26N4O2. The lowest BCUT2D eigenvalue weighted by atomic mass is 9.89. The van der Waals surface area contributed by atoms with E-state index in [1.807, 2.05) is 25.2 Å². The summed E-state index contributed by atoms with van der Waals surface area (Å²) in [6, 6.07) is 12.6. The molecule has 1 unspecified atom stereocenters. The summed E-state index contributed by atoms with van der Waals surface area (Å²) >= 11 is 0. The molecule has 2 saturated heterocycles. The average molecular weight is 342 g/mol. The minimum Gasteiger partial charge on any atom is -0.366 e. The molecule has 0 aromatic heterocycles. The second-order valence-electron chi connectivity index (χ2n) is 7.07. The van der Waals surface area contributed by atoms with Crippen LogP contribution in [0.2, 0.25) is 0 Å². The quantitative estimate of drug-likeness (QED) is 0.884. The van der Waals surface area contributed by atoms with Crippen LogP contribution in [0.25, 0.3) is 0 Å². The number of benzene rings is 1. The molecule has 0 bridgehead atoms. The molecule has 1 amide bonds. The molecule has 2 aliphatic heterocycles. The van der Waals surface area contributed by atoms with Crippen LogP contribution in [0.1, 0.15) is 18.4 Å². The number of nitrogens with one attached hydrogen (secondary N) is 1. The Morgan fingerprint density at radius 2 is 2.04 bits per heavy atom. The number of likely N-dealkylation sites (tertiary alicyclic amines) is 1. The van der Waals surface area contributed by atoms with E-state index in [0.29, 0.717) is 26.0 Å². The van der Waals surface area contributed by atoms with Crippen molar-refractivity contribution in [3.05, 3.63) is 35.9 Å². The first kappa shape index (κ1) is 17.9. The third-order valence-corrected chi connectivity index (χ3v) is 5.11. The molecule has 25 heavy (non-hydrogen) atoms. The molecule has 0 spiro atoms. The minimum absolute atomic E-state index is 0.163. The van der Waals surface area contributed by atoms with E-state index in [2.05, 4.69) is 33.3 Å². The van der Waals surface area contributed by atoms with Gasteiger partial charge in [0, 0.05) is 32.7 Å². The number of rotatable bonds is 4. The Morgan fingerprint density at radius 1 is 1.32 bits per heavy atom. The molecule has 2 aliphatic rings. The summed E-state index contributed by atoms with van der Waals surface area (Å²) in [5, 5.41) is 12.6. The van der Waals surface area contributed by atoms with Crippen LogP contribution in [0, 0.1) is 11.3 Å². The zero-order valence-electron chi connectivity index (χ0n) is 14.8. The molecule has 2 fully saturated rings. The summed E-state index contributed by atoms with van der Waals surface area (Å²) in [6.07, 6.45) is 0.806. The molecular weight excluding hydrogens is 316 g/mol. The predicted octanol–water partition coefficient (Wildman–Crippen LogP) is 0.992. The standard InChI is InChI=1S/C19H26N4O2/c1-22-9-7-19(15-20,8-10-22)21-18(24)17-14-23(11-12-25-17)13-16-5-3-2-4-6-16/h2-6,17H,7-14H2,1H3,(H,21,24). The maximum atomic E-state index is 12.7. The highest BCUT2D eigenvalue weighted by Gasteiger charge is 2.38. The van der Waals surface area contributed by atoms with Crippen LogP contribution in [0.4, 0.5) is 0 Å². The van der Waals surface area contributed by atoms with Gasteiger partial charge < -0.3 is 15.0 Å². The molecule has 6 heteroatoms. The first-order valence-corrected chi connectivity index (χ1v) is 8.90. The summed E-state index contributed by atoms with van der Waals surface area (Å²) in [5.41, 5.74) is 0.474. The van der Waals surface area contributed by atoms with Crippen molar-refractivity contribution in [1.82, 2.24) is 15.1 Å². The van der Waals surface area contributed by atoms with Crippen LogP contribution in [0.5, 0.6) is 0 Å². The summed E-state index contributed by atoms with van der Waals surface area (Å²) < 4.78 is 5.69. The highest BCUT2D eigenvalue weighted by Crippen LogP contribution is 2.21. The largest absolute Gasteiger partial charge is 0.366 e. The Labute approximate surface area is 149 Å². The number of hydrogen-bond donors (Lipinski definition) is 1. The lowest BCUT2D eigenvalue weighted by Crippen LogP contribution is -2.58. The molecule has 3 rings (SSSR count). The number of piperidine rings is 1. The van der Waals surface area contributed by atoms with Gasteiger partial charge in [-0.25, -0.2) is 0 Å². The zero-order valence-corrected chi connectivity index (χ0v) is 14.8. The van der Waals surface area contributed by atoms with Gasteiger partial charge in [0.15, 0.2) is 0 Å². The van der Waals surface area contributed by atoms with Crippen molar-refractivity contribution >= 4 is 5.91 Å². The molecule has 0 saturated carbocycles. The van der Waals surface area contributed by atoms with Gasteiger partial charge in [-0.3, -0.25) is 9.69 Å². The molecule has 6 nitrogen and oxygen atoms in total. The van der Waals surface area contributed by atoms with E-state index in [1.54, 1.807) is 0 Å². The highest BCUT2D eigenvalue weighted by atomic mass is 16.5. The third kappa shape index (κ3) is 4.57. The zero-order chi connectivity index (χ0) is 17.7. The smallest absolute Gasteiger partial charge is 0.251 e. The van der Waals surface area contributed by atoms with Crippen molar-refractivity contribution in [2.24, 2.45) is 0 Å². The van der Waals surface area contributed by atoms with Crippen LogP contribution in [0.15, 0.2) is 30.3 Å².